The van der Waals surface area contributed by atoms with Crippen LogP contribution in [0.2, 0.25) is 20.2 Å². The zero-order chi connectivity index (χ0) is 14.0. The van der Waals surface area contributed by atoms with Gasteiger partial charge < -0.3 is 0 Å². The minimum absolute atomic E-state index is 0.203. The monoisotopic (exact) mass is 330 g/mol. The molecule has 1 aromatic carbocycles. The Kier molecular flexibility index (Phi) is 4.54. The van der Waals surface area contributed by atoms with E-state index in [1.165, 1.54) is 0 Å². The van der Waals surface area contributed by atoms with Crippen LogP contribution in [0.5, 0.6) is 0 Å². The summed E-state index contributed by atoms with van der Waals surface area (Å²) in [7, 11) is 0. The highest BCUT2D eigenvalue weighted by atomic mass is 35.5. The Bertz CT molecular complexity index is 677. The molecule has 0 bridgehead atoms. The van der Waals surface area contributed by atoms with Gasteiger partial charge in [0.15, 0.2) is 0 Å². The van der Waals surface area contributed by atoms with Gasteiger partial charge in [0, 0.05) is 17.3 Å². The first-order valence-electron chi connectivity index (χ1n) is 5.19. The highest BCUT2D eigenvalue weighted by Gasteiger charge is 2.13. The van der Waals surface area contributed by atoms with Crippen molar-refractivity contribution in [1.29, 1.82) is 5.26 Å². The molecule has 2 rings (SSSR count). The number of hydrogen-bond acceptors (Lipinski definition) is 2. The van der Waals surface area contributed by atoms with Crippen LogP contribution in [0.15, 0.2) is 24.4 Å². The first-order chi connectivity index (χ1) is 9.02. The van der Waals surface area contributed by atoms with Crippen LogP contribution >= 0.6 is 46.4 Å². The van der Waals surface area contributed by atoms with Gasteiger partial charge in [-0.2, -0.15) is 5.26 Å². The second kappa shape index (κ2) is 5.98. The van der Waals surface area contributed by atoms with E-state index in [1.54, 1.807) is 24.4 Å². The minimum atomic E-state index is 0.203. The third kappa shape index (κ3) is 3.13. The van der Waals surface area contributed by atoms with E-state index in [2.05, 4.69) is 11.1 Å². The minimum Gasteiger partial charge on any atom is -0.244 e. The molecule has 19 heavy (non-hydrogen) atoms. The number of benzene rings is 1. The number of pyridine rings is 1. The fourth-order valence-corrected chi connectivity index (χ4v) is 2.50. The molecule has 6 heteroatoms. The lowest BCUT2D eigenvalue weighted by molar-refractivity contribution is 1.21. The smallest absolute Gasteiger partial charge is 0.129 e. The zero-order valence-corrected chi connectivity index (χ0v) is 12.4. The molecular weight excluding hydrogens is 326 g/mol. The van der Waals surface area contributed by atoms with Crippen molar-refractivity contribution in [2.75, 3.05) is 0 Å². The van der Waals surface area contributed by atoms with Gasteiger partial charge in [-0.25, -0.2) is 4.98 Å². The Morgan fingerprint density at radius 3 is 2.32 bits per heavy atom. The number of hydrogen-bond donors (Lipinski definition) is 0. The molecule has 0 atom stereocenters. The van der Waals surface area contributed by atoms with Crippen molar-refractivity contribution >= 4 is 46.4 Å². The lowest BCUT2D eigenvalue weighted by Gasteiger charge is -2.10. The van der Waals surface area contributed by atoms with Crippen molar-refractivity contribution in [3.05, 3.63) is 50.2 Å². The van der Waals surface area contributed by atoms with Gasteiger partial charge in [-0.05, 0) is 23.8 Å². The molecule has 1 heterocycles. The van der Waals surface area contributed by atoms with Crippen molar-refractivity contribution < 1.29 is 0 Å². The molecule has 0 aliphatic heterocycles. The summed E-state index contributed by atoms with van der Waals surface area (Å²) < 4.78 is 0. The SMILES string of the molecule is N#CCc1cc(Cl)ncc1-c1cc(Cl)c(Cl)cc1Cl. The Morgan fingerprint density at radius 1 is 0.947 bits per heavy atom. The summed E-state index contributed by atoms with van der Waals surface area (Å²) in [5.41, 5.74) is 2.13. The van der Waals surface area contributed by atoms with E-state index >= 15 is 0 Å². The Balaban J connectivity index is 2.65. The molecule has 0 spiro atoms. The average molecular weight is 332 g/mol. The summed E-state index contributed by atoms with van der Waals surface area (Å²) in [6, 6.07) is 6.93. The first kappa shape index (κ1) is 14.4. The quantitative estimate of drug-likeness (QED) is 0.543. The number of nitrogens with zero attached hydrogens (tertiary/aromatic N) is 2. The van der Waals surface area contributed by atoms with E-state index in [0.717, 1.165) is 11.1 Å². The largest absolute Gasteiger partial charge is 0.244 e. The van der Waals surface area contributed by atoms with Crippen LogP contribution < -0.4 is 0 Å². The topological polar surface area (TPSA) is 36.7 Å². The van der Waals surface area contributed by atoms with Gasteiger partial charge in [-0.15, -0.1) is 0 Å². The van der Waals surface area contributed by atoms with E-state index in [0.29, 0.717) is 25.8 Å². The lowest BCUT2D eigenvalue weighted by Crippen LogP contribution is -1.92. The maximum absolute atomic E-state index is 8.86. The van der Waals surface area contributed by atoms with E-state index in [-0.39, 0.29) is 6.42 Å². The van der Waals surface area contributed by atoms with Crippen LogP contribution in [0.1, 0.15) is 5.56 Å². The van der Waals surface area contributed by atoms with Gasteiger partial charge in [0.2, 0.25) is 0 Å². The summed E-state index contributed by atoms with van der Waals surface area (Å²) in [6.07, 6.45) is 1.77. The predicted molar refractivity (Wildman–Crippen MR) is 79.0 cm³/mol. The van der Waals surface area contributed by atoms with Crippen LogP contribution in [0.3, 0.4) is 0 Å². The van der Waals surface area contributed by atoms with Crippen molar-refractivity contribution in [3.63, 3.8) is 0 Å². The molecule has 0 saturated heterocycles. The molecule has 0 unspecified atom stereocenters. The normalized spacial score (nSPS) is 10.3. The second-order valence-corrected chi connectivity index (χ2v) is 5.35. The molecule has 0 N–H and O–H groups in total. The predicted octanol–water partition coefficient (Wildman–Crippen LogP) is 5.43. The standard InChI is InChI=1S/C13H6Cl4N2/c14-10-5-12(16)11(15)4-8(10)9-6-19-13(17)3-7(9)1-2-18/h3-6H,1H2. The maximum atomic E-state index is 8.86. The number of nitriles is 1. The summed E-state index contributed by atoms with van der Waals surface area (Å²) in [4.78, 5) is 4.01. The molecule has 0 saturated carbocycles. The van der Waals surface area contributed by atoms with Gasteiger partial charge >= 0.3 is 0 Å². The molecule has 2 nitrogen and oxygen atoms in total. The molecule has 96 valence electrons. The lowest BCUT2D eigenvalue weighted by atomic mass is 10.0. The highest BCUT2D eigenvalue weighted by Crippen LogP contribution is 2.36. The molecule has 0 aliphatic carbocycles. The third-order valence-electron chi connectivity index (χ3n) is 2.53. The summed E-state index contributed by atoms with van der Waals surface area (Å²) >= 11 is 23.9. The summed E-state index contributed by atoms with van der Waals surface area (Å²) in [5.74, 6) is 0. The van der Waals surface area contributed by atoms with E-state index in [9.17, 15) is 0 Å². The number of aromatic nitrogens is 1. The van der Waals surface area contributed by atoms with E-state index in [1.807, 2.05) is 0 Å². The Morgan fingerprint density at radius 2 is 1.63 bits per heavy atom. The second-order valence-electron chi connectivity index (χ2n) is 3.75. The van der Waals surface area contributed by atoms with Crippen LogP contribution in [0.4, 0.5) is 0 Å². The van der Waals surface area contributed by atoms with E-state index < -0.39 is 0 Å². The zero-order valence-electron chi connectivity index (χ0n) is 9.42. The highest BCUT2D eigenvalue weighted by molar-refractivity contribution is 6.44. The Labute approximate surface area is 130 Å². The van der Waals surface area contributed by atoms with Gasteiger partial charge in [0.05, 0.1) is 27.6 Å². The summed E-state index contributed by atoms with van der Waals surface area (Å²) in [6.45, 7) is 0. The van der Waals surface area contributed by atoms with Gasteiger partial charge in [-0.3, -0.25) is 0 Å². The van der Waals surface area contributed by atoms with Crippen molar-refractivity contribution in [2.45, 2.75) is 6.42 Å². The molecule has 0 amide bonds. The number of rotatable bonds is 2. The molecule has 0 aliphatic rings. The molecule has 1 aromatic heterocycles. The van der Waals surface area contributed by atoms with Gasteiger partial charge in [0.25, 0.3) is 0 Å². The molecule has 2 aromatic rings. The van der Waals surface area contributed by atoms with E-state index in [4.69, 9.17) is 51.7 Å². The van der Waals surface area contributed by atoms with Crippen LogP contribution in [-0.2, 0) is 6.42 Å². The fourth-order valence-electron chi connectivity index (χ4n) is 1.67. The van der Waals surface area contributed by atoms with Crippen molar-refractivity contribution in [1.82, 2.24) is 4.98 Å². The van der Waals surface area contributed by atoms with Crippen LogP contribution in [0.25, 0.3) is 11.1 Å². The maximum Gasteiger partial charge on any atom is 0.129 e. The average Bonchev–Trinajstić information content (AvgIpc) is 2.35. The first-order valence-corrected chi connectivity index (χ1v) is 6.70. The molecule has 0 radical (unpaired) electrons. The summed E-state index contributed by atoms with van der Waals surface area (Å²) in [5, 5.41) is 10.4. The van der Waals surface area contributed by atoms with Crippen molar-refractivity contribution in [2.24, 2.45) is 0 Å². The van der Waals surface area contributed by atoms with Crippen LogP contribution in [0, 0.1) is 11.3 Å². The van der Waals surface area contributed by atoms with Gasteiger partial charge in [-0.1, -0.05) is 46.4 Å². The fraction of sp³-hybridized carbons (Fsp3) is 0.0769. The Hall–Kier alpha value is -0.980. The number of halogens is 4. The molecular formula is C13H6Cl4N2. The van der Waals surface area contributed by atoms with Gasteiger partial charge in [0.1, 0.15) is 5.15 Å². The van der Waals surface area contributed by atoms with Crippen LogP contribution in [-0.4, -0.2) is 4.98 Å². The molecule has 0 fully saturated rings. The third-order valence-corrected chi connectivity index (χ3v) is 3.77. The van der Waals surface area contributed by atoms with Crippen molar-refractivity contribution in [3.8, 4) is 17.2 Å².